The van der Waals surface area contributed by atoms with Crippen LogP contribution in [0.2, 0.25) is 5.02 Å². The molecular weight excluding hydrogens is 312 g/mol. The molecule has 4 heteroatoms. The first-order chi connectivity index (χ1) is 8.31. The van der Waals surface area contributed by atoms with E-state index in [-0.39, 0.29) is 5.41 Å². The Morgan fingerprint density at radius 2 is 1.94 bits per heavy atom. The van der Waals surface area contributed by atoms with Gasteiger partial charge in [-0.25, -0.2) is 0 Å². The van der Waals surface area contributed by atoms with Gasteiger partial charge in [0.1, 0.15) is 0 Å². The van der Waals surface area contributed by atoms with E-state index < -0.39 is 0 Å². The number of aromatic nitrogens is 2. The fourth-order valence-electron chi connectivity index (χ4n) is 1.95. The van der Waals surface area contributed by atoms with Crippen LogP contribution in [0.3, 0.4) is 0 Å². The van der Waals surface area contributed by atoms with Crippen molar-refractivity contribution in [1.29, 1.82) is 0 Å². The van der Waals surface area contributed by atoms with Crippen LogP contribution in [0.4, 0.5) is 0 Å². The van der Waals surface area contributed by atoms with Crippen molar-refractivity contribution >= 4 is 27.5 Å². The van der Waals surface area contributed by atoms with Gasteiger partial charge in [-0.05, 0) is 31.6 Å². The van der Waals surface area contributed by atoms with E-state index in [1.807, 2.05) is 4.68 Å². The Morgan fingerprint density at radius 3 is 2.39 bits per heavy atom. The second kappa shape index (κ2) is 6.42. The fourth-order valence-corrected chi connectivity index (χ4v) is 2.54. The Labute approximate surface area is 124 Å². The van der Waals surface area contributed by atoms with Gasteiger partial charge in [0.25, 0.3) is 0 Å². The van der Waals surface area contributed by atoms with Crippen molar-refractivity contribution in [1.82, 2.24) is 9.78 Å². The number of rotatable bonds is 5. The molecule has 0 radical (unpaired) electrons. The molecule has 0 aliphatic heterocycles. The topological polar surface area (TPSA) is 17.8 Å². The summed E-state index contributed by atoms with van der Waals surface area (Å²) in [6.45, 7) is 11.9. The van der Waals surface area contributed by atoms with E-state index in [0.29, 0.717) is 4.83 Å². The molecule has 0 fully saturated rings. The number of hydrogen-bond donors (Lipinski definition) is 0. The van der Waals surface area contributed by atoms with Gasteiger partial charge in [0.2, 0.25) is 0 Å². The highest BCUT2D eigenvalue weighted by atomic mass is 79.9. The summed E-state index contributed by atoms with van der Waals surface area (Å²) in [5.74, 6) is 0. The summed E-state index contributed by atoms with van der Waals surface area (Å²) in [5, 5.41) is 5.42. The molecule has 0 aromatic carbocycles. The van der Waals surface area contributed by atoms with Crippen LogP contribution < -0.4 is 0 Å². The number of hydrogen-bond acceptors (Lipinski definition) is 1. The molecule has 2 nitrogen and oxygen atoms in total. The Kier molecular flexibility index (Phi) is 5.72. The molecule has 1 aromatic rings. The highest BCUT2D eigenvalue weighted by Crippen LogP contribution is 2.31. The predicted octanol–water partition coefficient (Wildman–Crippen LogP) is 4.86. The summed E-state index contributed by atoms with van der Waals surface area (Å²) in [5.41, 5.74) is 2.48. The van der Waals surface area contributed by atoms with Crippen LogP contribution in [-0.2, 0) is 19.4 Å². The normalized spacial score (nSPS) is 13.9. The third-order valence-corrected chi connectivity index (χ3v) is 5.54. The van der Waals surface area contributed by atoms with Crippen molar-refractivity contribution in [3.63, 3.8) is 0 Å². The van der Waals surface area contributed by atoms with Crippen LogP contribution in [0.25, 0.3) is 0 Å². The molecule has 1 unspecified atom stereocenters. The first-order valence-corrected chi connectivity index (χ1v) is 7.98. The maximum atomic E-state index is 6.41. The second-order valence-corrected chi connectivity index (χ2v) is 7.23. The van der Waals surface area contributed by atoms with Gasteiger partial charge >= 0.3 is 0 Å². The molecule has 0 aliphatic rings. The van der Waals surface area contributed by atoms with E-state index in [9.17, 15) is 0 Å². The lowest BCUT2D eigenvalue weighted by molar-refractivity contribution is 0.383. The Morgan fingerprint density at radius 1 is 1.33 bits per heavy atom. The van der Waals surface area contributed by atoms with Crippen LogP contribution in [0.15, 0.2) is 0 Å². The Hall–Kier alpha value is -0.0200. The van der Waals surface area contributed by atoms with Gasteiger partial charge in [-0.15, -0.1) is 0 Å². The molecule has 1 atom stereocenters. The minimum Gasteiger partial charge on any atom is -0.268 e. The molecule has 104 valence electrons. The largest absolute Gasteiger partial charge is 0.268 e. The maximum Gasteiger partial charge on any atom is 0.0849 e. The zero-order valence-corrected chi connectivity index (χ0v) is 14.4. The molecule has 0 saturated heterocycles. The third kappa shape index (κ3) is 3.74. The van der Waals surface area contributed by atoms with E-state index in [2.05, 4.69) is 55.6 Å². The number of nitrogens with zero attached hydrogens (tertiary/aromatic N) is 2. The molecule has 0 amide bonds. The van der Waals surface area contributed by atoms with Crippen molar-refractivity contribution in [2.75, 3.05) is 0 Å². The molecule has 1 heterocycles. The molecule has 0 saturated carbocycles. The smallest absolute Gasteiger partial charge is 0.0849 e. The van der Waals surface area contributed by atoms with E-state index in [4.69, 9.17) is 11.6 Å². The molecule has 1 rings (SSSR count). The van der Waals surface area contributed by atoms with Gasteiger partial charge < -0.3 is 0 Å². The number of alkyl halides is 1. The van der Waals surface area contributed by atoms with E-state index in [0.717, 1.165) is 36.5 Å². The Bertz CT molecular complexity index is 393. The zero-order chi connectivity index (χ0) is 13.9. The van der Waals surface area contributed by atoms with Gasteiger partial charge in [-0.3, -0.25) is 4.68 Å². The highest BCUT2D eigenvalue weighted by molar-refractivity contribution is 9.09. The van der Waals surface area contributed by atoms with Gasteiger partial charge in [0.15, 0.2) is 0 Å². The highest BCUT2D eigenvalue weighted by Gasteiger charge is 2.23. The Balaban J connectivity index is 2.81. The molecule has 0 aliphatic carbocycles. The first kappa shape index (κ1) is 16.0. The van der Waals surface area contributed by atoms with Crippen LogP contribution in [0, 0.1) is 5.41 Å². The van der Waals surface area contributed by atoms with Crippen molar-refractivity contribution in [3.8, 4) is 0 Å². The van der Waals surface area contributed by atoms with E-state index in [1.54, 1.807) is 0 Å². The van der Waals surface area contributed by atoms with Crippen molar-refractivity contribution in [2.45, 2.75) is 65.3 Å². The minimum atomic E-state index is 0.275. The summed E-state index contributed by atoms with van der Waals surface area (Å²) >= 11 is 10.2. The predicted molar refractivity (Wildman–Crippen MR) is 82.8 cm³/mol. The van der Waals surface area contributed by atoms with Gasteiger partial charge in [0, 0.05) is 11.4 Å². The monoisotopic (exact) mass is 334 g/mol. The SMILES string of the molecule is CCc1nn(CC)c(CCC(Br)C(C)(C)C)c1Cl. The number of halogens is 2. The molecular formula is C14H24BrClN2. The standard InChI is InChI=1S/C14H24BrClN2/c1-6-10-13(16)11(18(7-2)17-10)8-9-12(15)14(3,4)5/h12H,6-9H2,1-5H3. The summed E-state index contributed by atoms with van der Waals surface area (Å²) in [4.78, 5) is 0.492. The third-order valence-electron chi connectivity index (χ3n) is 3.27. The van der Waals surface area contributed by atoms with Gasteiger partial charge in [0.05, 0.1) is 16.4 Å². The lowest BCUT2D eigenvalue weighted by atomic mass is 9.89. The first-order valence-electron chi connectivity index (χ1n) is 6.69. The van der Waals surface area contributed by atoms with Crippen molar-refractivity contribution < 1.29 is 0 Å². The second-order valence-electron chi connectivity index (χ2n) is 5.75. The molecule has 1 aromatic heterocycles. The number of aryl methyl sites for hydroxylation is 2. The molecule has 0 bridgehead atoms. The van der Waals surface area contributed by atoms with Crippen LogP contribution in [-0.4, -0.2) is 14.6 Å². The summed E-state index contributed by atoms with van der Waals surface area (Å²) in [6.07, 6.45) is 2.96. The van der Waals surface area contributed by atoms with Gasteiger partial charge in [-0.1, -0.05) is 55.2 Å². The summed E-state index contributed by atoms with van der Waals surface area (Å²) < 4.78 is 2.05. The maximum absolute atomic E-state index is 6.41. The van der Waals surface area contributed by atoms with E-state index >= 15 is 0 Å². The quantitative estimate of drug-likeness (QED) is 0.703. The molecule has 0 spiro atoms. The van der Waals surface area contributed by atoms with Crippen molar-refractivity contribution in [2.24, 2.45) is 5.41 Å². The average molecular weight is 336 g/mol. The van der Waals surface area contributed by atoms with E-state index in [1.165, 1.54) is 5.69 Å². The summed E-state index contributed by atoms with van der Waals surface area (Å²) in [7, 11) is 0. The average Bonchev–Trinajstić information content (AvgIpc) is 2.61. The lowest BCUT2D eigenvalue weighted by Crippen LogP contribution is -2.21. The molecule has 18 heavy (non-hydrogen) atoms. The molecule has 0 N–H and O–H groups in total. The van der Waals surface area contributed by atoms with Crippen LogP contribution in [0.1, 0.15) is 52.4 Å². The van der Waals surface area contributed by atoms with Crippen molar-refractivity contribution in [3.05, 3.63) is 16.4 Å². The van der Waals surface area contributed by atoms with Crippen LogP contribution >= 0.6 is 27.5 Å². The summed E-state index contributed by atoms with van der Waals surface area (Å²) in [6, 6.07) is 0. The minimum absolute atomic E-state index is 0.275. The fraction of sp³-hybridized carbons (Fsp3) is 0.786. The zero-order valence-electron chi connectivity index (χ0n) is 12.1. The lowest BCUT2D eigenvalue weighted by Gasteiger charge is -2.25. The van der Waals surface area contributed by atoms with Crippen LogP contribution in [0.5, 0.6) is 0 Å². The van der Waals surface area contributed by atoms with Gasteiger partial charge in [-0.2, -0.15) is 5.10 Å².